The average molecular weight is 397 g/mol. The van der Waals surface area contributed by atoms with Crippen molar-refractivity contribution >= 4 is 13.2 Å². The molecule has 0 bridgehead atoms. The second kappa shape index (κ2) is 17.2. The third-order valence-electron chi connectivity index (χ3n) is 5.44. The molecular formula is C24H45O2P. The minimum absolute atomic E-state index is 0.291. The van der Waals surface area contributed by atoms with Crippen LogP contribution in [0.3, 0.4) is 0 Å². The standard InChI is InChI=1S/C16H37P.C8H8O2/c1-5-9-13-17(14-10-6-2,15-11-7-3)16-12-8-4;1-10-8(9)7-5-3-2-4-6-7/h17H,5-16H2,1-4H3;2-6H,1H3. The van der Waals surface area contributed by atoms with Crippen LogP contribution in [0.5, 0.6) is 0 Å². The fraction of sp³-hybridized carbons (Fsp3) is 0.708. The second-order valence-electron chi connectivity index (χ2n) is 7.77. The third kappa shape index (κ3) is 12.2. The van der Waals surface area contributed by atoms with Gasteiger partial charge in [-0.15, -0.1) is 0 Å². The van der Waals surface area contributed by atoms with Gasteiger partial charge in [0.05, 0.1) is 12.7 Å². The van der Waals surface area contributed by atoms with Crippen LogP contribution in [0, 0.1) is 0 Å². The first-order chi connectivity index (χ1) is 13.1. The summed E-state index contributed by atoms with van der Waals surface area (Å²) in [5, 5.41) is 0. The van der Waals surface area contributed by atoms with E-state index in [1.807, 2.05) is 6.07 Å². The van der Waals surface area contributed by atoms with E-state index in [9.17, 15) is 4.79 Å². The number of ether oxygens (including phenoxy) is 1. The number of hydrogen-bond acceptors (Lipinski definition) is 2. The minimum atomic E-state index is -0.879. The molecule has 1 rings (SSSR count). The smallest absolute Gasteiger partial charge is 0.337 e. The zero-order valence-electron chi connectivity index (χ0n) is 18.7. The molecule has 3 heteroatoms. The maximum Gasteiger partial charge on any atom is 0.337 e. The van der Waals surface area contributed by atoms with Crippen LogP contribution in [-0.4, -0.2) is 37.7 Å². The van der Waals surface area contributed by atoms with E-state index in [-0.39, 0.29) is 5.97 Å². The quantitative estimate of drug-likeness (QED) is 0.256. The first-order valence-corrected chi connectivity index (χ1v) is 14.0. The van der Waals surface area contributed by atoms with E-state index in [1.54, 1.807) is 48.9 Å². The molecule has 0 amide bonds. The molecular weight excluding hydrogens is 351 g/mol. The number of benzene rings is 1. The molecule has 0 saturated carbocycles. The topological polar surface area (TPSA) is 26.3 Å². The number of unbranched alkanes of at least 4 members (excludes halogenated alkanes) is 4. The summed E-state index contributed by atoms with van der Waals surface area (Å²) in [5.74, 6) is -0.291. The van der Waals surface area contributed by atoms with Gasteiger partial charge in [0.2, 0.25) is 0 Å². The van der Waals surface area contributed by atoms with E-state index < -0.39 is 7.26 Å². The van der Waals surface area contributed by atoms with Crippen LogP contribution in [-0.2, 0) is 4.74 Å². The number of carbonyl (C=O) groups excluding carboxylic acids is 1. The predicted molar refractivity (Wildman–Crippen MR) is 125 cm³/mol. The summed E-state index contributed by atoms with van der Waals surface area (Å²) < 4.78 is 4.50. The van der Waals surface area contributed by atoms with E-state index in [1.165, 1.54) is 58.5 Å². The molecule has 1 aromatic carbocycles. The molecule has 0 spiro atoms. The van der Waals surface area contributed by atoms with Crippen molar-refractivity contribution in [1.29, 1.82) is 0 Å². The number of esters is 1. The summed E-state index contributed by atoms with van der Waals surface area (Å²) in [5.41, 5.74) is 0.588. The van der Waals surface area contributed by atoms with Gasteiger partial charge < -0.3 is 4.74 Å². The minimum Gasteiger partial charge on any atom is -0.465 e. The average Bonchev–Trinajstić information content (AvgIpc) is 2.73. The van der Waals surface area contributed by atoms with Crippen molar-refractivity contribution in [3.05, 3.63) is 35.9 Å². The molecule has 0 heterocycles. The molecule has 2 nitrogen and oxygen atoms in total. The molecule has 0 saturated heterocycles. The maximum atomic E-state index is 10.8. The van der Waals surface area contributed by atoms with Gasteiger partial charge in [0.25, 0.3) is 0 Å². The Morgan fingerprint density at radius 1 is 0.741 bits per heavy atom. The molecule has 0 aliphatic rings. The SMILES string of the molecule is CCCC[PH](CCCC)(CCCC)CCCC.COC(=O)c1ccccc1. The van der Waals surface area contributed by atoms with Crippen LogP contribution in [0.4, 0.5) is 0 Å². The van der Waals surface area contributed by atoms with Gasteiger partial charge in [-0.2, -0.15) is 0 Å². The number of carbonyl (C=O) groups is 1. The van der Waals surface area contributed by atoms with Gasteiger partial charge >= 0.3 is 117 Å². The van der Waals surface area contributed by atoms with Crippen LogP contribution in [0.15, 0.2) is 30.3 Å². The predicted octanol–water partition coefficient (Wildman–Crippen LogP) is 7.41. The second-order valence-corrected chi connectivity index (χ2v) is 12.8. The molecule has 27 heavy (non-hydrogen) atoms. The fourth-order valence-corrected chi connectivity index (χ4v) is 9.56. The van der Waals surface area contributed by atoms with Gasteiger partial charge in [-0.25, -0.2) is 4.79 Å². The van der Waals surface area contributed by atoms with Crippen molar-refractivity contribution in [2.45, 2.75) is 79.1 Å². The van der Waals surface area contributed by atoms with E-state index in [0.29, 0.717) is 5.56 Å². The molecule has 1 aromatic rings. The van der Waals surface area contributed by atoms with Crippen LogP contribution in [0.1, 0.15) is 89.4 Å². The van der Waals surface area contributed by atoms with Gasteiger partial charge in [0, 0.05) is 0 Å². The number of methoxy groups -OCH3 is 1. The Bertz CT molecular complexity index is 421. The number of rotatable bonds is 13. The Balaban J connectivity index is 0.000000569. The Morgan fingerprint density at radius 2 is 1.11 bits per heavy atom. The van der Waals surface area contributed by atoms with Gasteiger partial charge in [0.1, 0.15) is 0 Å². The van der Waals surface area contributed by atoms with E-state index in [4.69, 9.17) is 0 Å². The van der Waals surface area contributed by atoms with Crippen LogP contribution in [0.25, 0.3) is 0 Å². The molecule has 158 valence electrons. The van der Waals surface area contributed by atoms with Crippen molar-refractivity contribution < 1.29 is 9.53 Å². The van der Waals surface area contributed by atoms with Gasteiger partial charge in [-0.05, 0) is 12.1 Å². The molecule has 0 aliphatic carbocycles. The number of hydrogen-bond donors (Lipinski definition) is 0. The Labute approximate surface area is 169 Å². The Hall–Kier alpha value is -0.880. The Kier molecular flexibility index (Phi) is 16.7. The van der Waals surface area contributed by atoms with E-state index in [0.717, 1.165) is 0 Å². The summed E-state index contributed by atoms with van der Waals surface area (Å²) in [4.78, 5) is 10.8. The summed E-state index contributed by atoms with van der Waals surface area (Å²) >= 11 is 0. The van der Waals surface area contributed by atoms with E-state index in [2.05, 4.69) is 32.4 Å². The summed E-state index contributed by atoms with van der Waals surface area (Å²) in [6.45, 7) is 9.44. The van der Waals surface area contributed by atoms with Crippen LogP contribution in [0.2, 0.25) is 0 Å². The van der Waals surface area contributed by atoms with Crippen molar-refractivity contribution in [1.82, 2.24) is 0 Å². The van der Waals surface area contributed by atoms with Crippen molar-refractivity contribution in [3.63, 3.8) is 0 Å². The van der Waals surface area contributed by atoms with Gasteiger partial charge in [0.15, 0.2) is 0 Å². The first-order valence-electron chi connectivity index (χ1n) is 11.2. The van der Waals surface area contributed by atoms with Gasteiger partial charge in [-0.3, -0.25) is 0 Å². The van der Waals surface area contributed by atoms with Crippen molar-refractivity contribution in [2.24, 2.45) is 0 Å². The van der Waals surface area contributed by atoms with Gasteiger partial charge in [-0.1, -0.05) is 18.2 Å². The maximum absolute atomic E-state index is 10.8. The normalized spacial score (nSPS) is 11.4. The Morgan fingerprint density at radius 3 is 1.41 bits per heavy atom. The summed E-state index contributed by atoms with van der Waals surface area (Å²) in [6.07, 6.45) is 18.1. The van der Waals surface area contributed by atoms with Crippen molar-refractivity contribution in [2.75, 3.05) is 31.8 Å². The first kappa shape index (κ1) is 26.1. The molecule has 0 atom stereocenters. The third-order valence-corrected chi connectivity index (χ3v) is 11.1. The monoisotopic (exact) mass is 396 g/mol. The van der Waals surface area contributed by atoms with Crippen molar-refractivity contribution in [3.8, 4) is 0 Å². The van der Waals surface area contributed by atoms with E-state index >= 15 is 0 Å². The zero-order chi connectivity index (χ0) is 20.4. The fourth-order valence-electron chi connectivity index (χ4n) is 3.65. The molecule has 0 N–H and O–H groups in total. The molecule has 0 aliphatic heterocycles. The summed E-state index contributed by atoms with van der Waals surface area (Å²) in [6, 6.07) is 8.88. The largest absolute Gasteiger partial charge is 0.465 e. The van der Waals surface area contributed by atoms with Crippen LogP contribution < -0.4 is 0 Å². The molecule has 0 unspecified atom stereocenters. The molecule has 0 fully saturated rings. The molecule has 0 radical (unpaired) electrons. The summed E-state index contributed by atoms with van der Waals surface area (Å²) in [7, 11) is 0.491. The zero-order valence-corrected chi connectivity index (χ0v) is 19.7. The van der Waals surface area contributed by atoms with Crippen LogP contribution >= 0.6 is 7.26 Å². The molecule has 0 aromatic heterocycles.